The SMILES string of the molecule is CC(F)(F)[C@]1(C)C[C@H]2CC[C@H](c3cncc(C#N)c3)N2C1=O. The number of hydrogen-bond acceptors (Lipinski definition) is 3. The summed E-state index contributed by atoms with van der Waals surface area (Å²) in [6, 6.07) is 3.29. The predicted molar refractivity (Wildman–Crippen MR) is 74.9 cm³/mol. The Morgan fingerprint density at radius 2 is 2.18 bits per heavy atom. The standard InChI is InChI=1S/C16H17F2N3O/c1-15(16(2,17)18)6-12-3-4-13(21(12)14(15)22)11-5-10(7-19)8-20-9-11/h5,8-9,12-13H,3-4,6H2,1-2H3/t12-,13-,15-/m1/s1. The average molecular weight is 305 g/mol. The number of nitriles is 1. The third-order valence-corrected chi connectivity index (χ3v) is 5.10. The number of hydrogen-bond donors (Lipinski definition) is 0. The summed E-state index contributed by atoms with van der Waals surface area (Å²) in [6.45, 7) is 2.18. The van der Waals surface area contributed by atoms with Gasteiger partial charge in [-0.15, -0.1) is 0 Å². The summed E-state index contributed by atoms with van der Waals surface area (Å²) in [4.78, 5) is 18.3. The van der Waals surface area contributed by atoms with Crippen LogP contribution in [-0.4, -0.2) is 27.8 Å². The fourth-order valence-corrected chi connectivity index (χ4v) is 3.63. The van der Waals surface area contributed by atoms with Crippen molar-refractivity contribution >= 4 is 5.91 Å². The first-order valence-corrected chi connectivity index (χ1v) is 7.33. The van der Waals surface area contributed by atoms with Crippen LogP contribution in [0.3, 0.4) is 0 Å². The fourth-order valence-electron chi connectivity index (χ4n) is 3.63. The Morgan fingerprint density at radius 1 is 1.45 bits per heavy atom. The first-order chi connectivity index (χ1) is 10.3. The molecule has 0 saturated carbocycles. The molecule has 1 amide bonds. The van der Waals surface area contributed by atoms with Gasteiger partial charge in [-0.1, -0.05) is 0 Å². The third-order valence-electron chi connectivity index (χ3n) is 5.10. The normalized spacial score (nSPS) is 31.2. The van der Waals surface area contributed by atoms with Crippen LogP contribution in [0.4, 0.5) is 8.78 Å². The van der Waals surface area contributed by atoms with Crippen LogP contribution in [0.1, 0.15) is 50.3 Å². The van der Waals surface area contributed by atoms with Crippen molar-refractivity contribution in [3.8, 4) is 6.07 Å². The fraction of sp³-hybridized carbons (Fsp3) is 0.562. The zero-order chi connectivity index (χ0) is 16.1. The zero-order valence-corrected chi connectivity index (χ0v) is 12.5. The molecule has 3 heterocycles. The molecule has 3 atom stereocenters. The summed E-state index contributed by atoms with van der Waals surface area (Å²) in [5.74, 6) is -3.54. The minimum Gasteiger partial charge on any atom is -0.332 e. The first-order valence-electron chi connectivity index (χ1n) is 7.33. The lowest BCUT2D eigenvalue weighted by Gasteiger charge is -2.31. The van der Waals surface area contributed by atoms with Gasteiger partial charge in [0, 0.05) is 25.4 Å². The molecule has 0 spiro atoms. The molecule has 116 valence electrons. The van der Waals surface area contributed by atoms with E-state index in [1.807, 2.05) is 6.07 Å². The van der Waals surface area contributed by atoms with E-state index in [0.717, 1.165) is 18.9 Å². The van der Waals surface area contributed by atoms with Crippen molar-refractivity contribution < 1.29 is 13.6 Å². The van der Waals surface area contributed by atoms with Gasteiger partial charge in [0.05, 0.1) is 11.6 Å². The molecule has 2 fully saturated rings. The molecule has 1 aromatic rings. The van der Waals surface area contributed by atoms with Crippen molar-refractivity contribution in [2.24, 2.45) is 5.41 Å². The monoisotopic (exact) mass is 305 g/mol. The zero-order valence-electron chi connectivity index (χ0n) is 12.5. The highest BCUT2D eigenvalue weighted by atomic mass is 19.3. The van der Waals surface area contributed by atoms with Gasteiger partial charge >= 0.3 is 0 Å². The average Bonchev–Trinajstić information content (AvgIpc) is 2.98. The number of halogens is 2. The Bertz CT molecular complexity index is 664. The van der Waals surface area contributed by atoms with Crippen LogP contribution >= 0.6 is 0 Å². The van der Waals surface area contributed by atoms with Gasteiger partial charge in [-0.25, -0.2) is 8.78 Å². The molecule has 2 aliphatic rings. The van der Waals surface area contributed by atoms with Gasteiger partial charge in [-0.05, 0) is 37.8 Å². The summed E-state index contributed by atoms with van der Waals surface area (Å²) in [7, 11) is 0. The number of carbonyl (C=O) groups is 1. The summed E-state index contributed by atoms with van der Waals surface area (Å²) < 4.78 is 27.8. The minimum absolute atomic E-state index is 0.154. The predicted octanol–water partition coefficient (Wildman–Crippen LogP) is 3.05. The Balaban J connectivity index is 1.95. The van der Waals surface area contributed by atoms with Crippen molar-refractivity contribution in [1.29, 1.82) is 5.26 Å². The van der Waals surface area contributed by atoms with Gasteiger partial charge in [0.1, 0.15) is 11.5 Å². The van der Waals surface area contributed by atoms with Crippen molar-refractivity contribution in [3.05, 3.63) is 29.6 Å². The van der Waals surface area contributed by atoms with Gasteiger partial charge in [-0.2, -0.15) is 5.26 Å². The molecular formula is C16H17F2N3O. The molecule has 6 heteroatoms. The number of carbonyl (C=O) groups excluding carboxylic acids is 1. The lowest BCUT2D eigenvalue weighted by Crippen LogP contribution is -2.44. The second-order valence-electron chi connectivity index (χ2n) is 6.50. The maximum atomic E-state index is 13.9. The topological polar surface area (TPSA) is 57.0 Å². The van der Waals surface area contributed by atoms with E-state index in [2.05, 4.69) is 4.98 Å². The molecule has 0 aromatic carbocycles. The van der Waals surface area contributed by atoms with Crippen LogP contribution < -0.4 is 0 Å². The van der Waals surface area contributed by atoms with Gasteiger partial charge in [0.25, 0.3) is 5.92 Å². The number of alkyl halides is 2. The lowest BCUT2D eigenvalue weighted by molar-refractivity contribution is -0.156. The summed E-state index contributed by atoms with van der Waals surface area (Å²) in [5, 5.41) is 8.96. The second-order valence-corrected chi connectivity index (χ2v) is 6.50. The van der Waals surface area contributed by atoms with Crippen LogP contribution in [-0.2, 0) is 4.79 Å². The van der Waals surface area contributed by atoms with Crippen LogP contribution in [0, 0.1) is 16.7 Å². The maximum absolute atomic E-state index is 13.9. The van der Waals surface area contributed by atoms with E-state index in [4.69, 9.17) is 5.26 Å². The molecule has 0 unspecified atom stereocenters. The minimum atomic E-state index is -3.05. The molecule has 1 aromatic heterocycles. The lowest BCUT2D eigenvalue weighted by atomic mass is 9.80. The van der Waals surface area contributed by atoms with E-state index in [1.165, 1.54) is 13.1 Å². The smallest absolute Gasteiger partial charge is 0.259 e. The largest absolute Gasteiger partial charge is 0.332 e. The van der Waals surface area contributed by atoms with Crippen molar-refractivity contribution in [2.75, 3.05) is 0 Å². The van der Waals surface area contributed by atoms with Crippen LogP contribution in [0.2, 0.25) is 0 Å². The number of fused-ring (bicyclic) bond motifs is 1. The summed E-state index contributed by atoms with van der Waals surface area (Å²) in [5.41, 5.74) is -0.480. The number of rotatable bonds is 2. The molecule has 0 aliphatic carbocycles. The molecule has 0 bridgehead atoms. The van der Waals surface area contributed by atoms with Gasteiger partial charge in [-0.3, -0.25) is 9.78 Å². The van der Waals surface area contributed by atoms with E-state index >= 15 is 0 Å². The summed E-state index contributed by atoms with van der Waals surface area (Å²) in [6.07, 6.45) is 4.67. The Hall–Kier alpha value is -2.03. The van der Waals surface area contributed by atoms with E-state index in [9.17, 15) is 13.6 Å². The molecule has 0 radical (unpaired) electrons. The Labute approximate surface area is 127 Å². The number of pyridine rings is 1. The van der Waals surface area contributed by atoms with Crippen molar-refractivity contribution in [3.63, 3.8) is 0 Å². The summed E-state index contributed by atoms with van der Waals surface area (Å²) >= 11 is 0. The molecule has 2 saturated heterocycles. The molecule has 3 rings (SSSR count). The van der Waals surface area contributed by atoms with E-state index in [-0.39, 0.29) is 18.5 Å². The highest BCUT2D eigenvalue weighted by Crippen LogP contribution is 2.54. The van der Waals surface area contributed by atoms with Crippen LogP contribution in [0.15, 0.2) is 18.5 Å². The van der Waals surface area contributed by atoms with E-state index in [0.29, 0.717) is 12.0 Å². The third kappa shape index (κ3) is 1.99. The molecular weight excluding hydrogens is 288 g/mol. The Kier molecular flexibility index (Phi) is 3.20. The first kappa shape index (κ1) is 14.9. The number of amides is 1. The second kappa shape index (κ2) is 4.73. The van der Waals surface area contributed by atoms with Crippen LogP contribution in [0.5, 0.6) is 0 Å². The number of aromatic nitrogens is 1. The molecule has 4 nitrogen and oxygen atoms in total. The highest BCUT2D eigenvalue weighted by molar-refractivity contribution is 5.87. The van der Waals surface area contributed by atoms with E-state index < -0.39 is 17.2 Å². The van der Waals surface area contributed by atoms with Gasteiger partial charge < -0.3 is 4.90 Å². The quantitative estimate of drug-likeness (QED) is 0.844. The van der Waals surface area contributed by atoms with Crippen molar-refractivity contribution in [1.82, 2.24) is 9.88 Å². The number of nitrogens with zero attached hydrogens (tertiary/aromatic N) is 3. The maximum Gasteiger partial charge on any atom is 0.259 e. The molecule has 22 heavy (non-hydrogen) atoms. The van der Waals surface area contributed by atoms with E-state index in [1.54, 1.807) is 17.2 Å². The molecule has 2 aliphatic heterocycles. The van der Waals surface area contributed by atoms with Gasteiger partial charge in [0.2, 0.25) is 5.91 Å². The van der Waals surface area contributed by atoms with Crippen molar-refractivity contribution in [2.45, 2.75) is 51.1 Å². The van der Waals surface area contributed by atoms with Gasteiger partial charge in [0.15, 0.2) is 0 Å². The Morgan fingerprint density at radius 3 is 2.82 bits per heavy atom. The van der Waals surface area contributed by atoms with Crippen LogP contribution in [0.25, 0.3) is 0 Å². The highest BCUT2D eigenvalue weighted by Gasteiger charge is 2.62. The molecule has 0 N–H and O–H groups in total.